The molecule has 0 saturated carbocycles. The van der Waals surface area contributed by atoms with Gasteiger partial charge in [-0.15, -0.1) is 11.3 Å². The summed E-state index contributed by atoms with van der Waals surface area (Å²) in [6.07, 6.45) is 1.48. The molecule has 0 unspecified atom stereocenters. The Morgan fingerprint density at radius 3 is 2.48 bits per heavy atom. The molecule has 0 aliphatic rings. The second-order valence-corrected chi connectivity index (χ2v) is 9.41. The number of sulfonamides is 1. The molecule has 2 aromatic carbocycles. The summed E-state index contributed by atoms with van der Waals surface area (Å²) < 4.78 is 32.4. The third-order valence-electron chi connectivity index (χ3n) is 4.52. The maximum absolute atomic E-state index is 12.5. The lowest BCUT2D eigenvalue weighted by Gasteiger charge is -2.07. The van der Waals surface area contributed by atoms with Gasteiger partial charge in [0.2, 0.25) is 10.0 Å². The Labute approximate surface area is 183 Å². The number of furan rings is 1. The monoisotopic (exact) mass is 453 g/mol. The van der Waals surface area contributed by atoms with Crippen molar-refractivity contribution in [1.29, 1.82) is 0 Å². The Hall–Kier alpha value is -3.27. The van der Waals surface area contributed by atoms with E-state index in [9.17, 15) is 13.2 Å². The van der Waals surface area contributed by atoms with Crippen molar-refractivity contribution in [3.63, 3.8) is 0 Å². The standard InChI is InChI=1S/C22H19N3O4S2/c1-15-4-6-16(7-5-15)20-14-30-22(24-20)25-21(26)17-8-10-19(11-9-17)31(27,28)23-13-18-3-2-12-29-18/h2-12,14,23H,13H2,1H3,(H,24,25,26). The van der Waals surface area contributed by atoms with Crippen molar-refractivity contribution < 1.29 is 17.6 Å². The van der Waals surface area contributed by atoms with E-state index in [0.29, 0.717) is 16.5 Å². The van der Waals surface area contributed by atoms with Gasteiger partial charge in [-0.25, -0.2) is 18.1 Å². The molecule has 0 aliphatic heterocycles. The van der Waals surface area contributed by atoms with E-state index in [1.165, 1.54) is 41.9 Å². The van der Waals surface area contributed by atoms with Crippen LogP contribution in [0.25, 0.3) is 11.3 Å². The smallest absolute Gasteiger partial charge is 0.257 e. The molecule has 0 saturated heterocycles. The third kappa shape index (κ3) is 5.08. The van der Waals surface area contributed by atoms with Gasteiger partial charge in [-0.1, -0.05) is 29.8 Å². The Morgan fingerprint density at radius 2 is 1.81 bits per heavy atom. The summed E-state index contributed by atoms with van der Waals surface area (Å²) in [6.45, 7) is 2.06. The first kappa shape index (κ1) is 21.0. The van der Waals surface area contributed by atoms with E-state index in [1.807, 2.05) is 36.6 Å². The van der Waals surface area contributed by atoms with Gasteiger partial charge in [0.25, 0.3) is 5.91 Å². The number of hydrogen-bond donors (Lipinski definition) is 2. The second kappa shape index (κ2) is 8.84. The molecule has 2 heterocycles. The zero-order valence-electron chi connectivity index (χ0n) is 16.5. The van der Waals surface area contributed by atoms with Crippen LogP contribution in [0, 0.1) is 6.92 Å². The highest BCUT2D eigenvalue weighted by Crippen LogP contribution is 2.25. The summed E-state index contributed by atoms with van der Waals surface area (Å²) in [5.74, 6) is 0.144. The molecule has 31 heavy (non-hydrogen) atoms. The molecule has 0 atom stereocenters. The molecule has 0 radical (unpaired) electrons. The minimum Gasteiger partial charge on any atom is -0.468 e. The van der Waals surface area contributed by atoms with E-state index in [2.05, 4.69) is 15.0 Å². The van der Waals surface area contributed by atoms with Crippen LogP contribution in [-0.4, -0.2) is 19.3 Å². The summed E-state index contributed by atoms with van der Waals surface area (Å²) >= 11 is 1.33. The predicted molar refractivity (Wildman–Crippen MR) is 119 cm³/mol. The molecule has 7 nitrogen and oxygen atoms in total. The molecule has 0 aliphatic carbocycles. The van der Waals surface area contributed by atoms with E-state index >= 15 is 0 Å². The second-order valence-electron chi connectivity index (χ2n) is 6.79. The molecular weight excluding hydrogens is 434 g/mol. The number of nitrogens with zero attached hydrogens (tertiary/aromatic N) is 1. The Balaban J connectivity index is 1.41. The van der Waals surface area contributed by atoms with E-state index in [0.717, 1.165) is 16.8 Å². The summed E-state index contributed by atoms with van der Waals surface area (Å²) in [5.41, 5.74) is 3.24. The fraction of sp³-hybridized carbons (Fsp3) is 0.0909. The van der Waals surface area contributed by atoms with Gasteiger partial charge in [-0.05, 0) is 43.3 Å². The summed E-state index contributed by atoms with van der Waals surface area (Å²) in [7, 11) is -3.72. The molecule has 158 valence electrons. The minimum atomic E-state index is -3.72. The molecule has 2 N–H and O–H groups in total. The number of carbonyl (C=O) groups is 1. The van der Waals surface area contributed by atoms with Gasteiger partial charge in [-0.2, -0.15) is 0 Å². The zero-order valence-corrected chi connectivity index (χ0v) is 18.2. The average Bonchev–Trinajstić information content (AvgIpc) is 3.45. The molecule has 0 bridgehead atoms. The Bertz CT molecular complexity index is 1280. The fourth-order valence-corrected chi connectivity index (χ4v) is 4.51. The highest BCUT2D eigenvalue weighted by molar-refractivity contribution is 7.89. The number of aryl methyl sites for hydroxylation is 1. The lowest BCUT2D eigenvalue weighted by molar-refractivity contribution is 0.102. The quantitative estimate of drug-likeness (QED) is 0.431. The molecule has 9 heteroatoms. The lowest BCUT2D eigenvalue weighted by Crippen LogP contribution is -2.23. The topological polar surface area (TPSA) is 101 Å². The third-order valence-corrected chi connectivity index (χ3v) is 6.69. The number of thiazole rings is 1. The molecule has 4 rings (SSSR count). The van der Waals surface area contributed by atoms with Gasteiger partial charge in [0, 0.05) is 16.5 Å². The van der Waals surface area contributed by atoms with Crippen LogP contribution < -0.4 is 10.0 Å². The van der Waals surface area contributed by atoms with Crippen LogP contribution in [-0.2, 0) is 16.6 Å². The summed E-state index contributed by atoms with van der Waals surface area (Å²) in [4.78, 5) is 17.0. The summed E-state index contributed by atoms with van der Waals surface area (Å²) in [5, 5.41) is 5.10. The van der Waals surface area contributed by atoms with Gasteiger partial charge >= 0.3 is 0 Å². The maximum atomic E-state index is 12.5. The molecular formula is C22H19N3O4S2. The Morgan fingerprint density at radius 1 is 1.06 bits per heavy atom. The zero-order chi connectivity index (χ0) is 21.8. The van der Waals surface area contributed by atoms with Crippen molar-refractivity contribution >= 4 is 32.4 Å². The number of anilines is 1. The van der Waals surface area contributed by atoms with Crippen molar-refractivity contribution in [2.75, 3.05) is 5.32 Å². The number of aromatic nitrogens is 1. The molecule has 2 aromatic heterocycles. The van der Waals surface area contributed by atoms with Crippen LogP contribution in [0.1, 0.15) is 21.7 Å². The highest BCUT2D eigenvalue weighted by Gasteiger charge is 2.16. The van der Waals surface area contributed by atoms with Crippen LogP contribution in [0.2, 0.25) is 0 Å². The van der Waals surface area contributed by atoms with E-state index in [1.54, 1.807) is 12.1 Å². The van der Waals surface area contributed by atoms with E-state index in [-0.39, 0.29) is 17.3 Å². The van der Waals surface area contributed by atoms with Crippen molar-refractivity contribution in [1.82, 2.24) is 9.71 Å². The van der Waals surface area contributed by atoms with Crippen LogP contribution in [0.3, 0.4) is 0 Å². The van der Waals surface area contributed by atoms with Gasteiger partial charge in [0.15, 0.2) is 5.13 Å². The predicted octanol–water partition coefficient (Wildman–Crippen LogP) is 4.44. The van der Waals surface area contributed by atoms with E-state index < -0.39 is 10.0 Å². The lowest BCUT2D eigenvalue weighted by atomic mass is 10.1. The number of nitrogens with one attached hydrogen (secondary N) is 2. The largest absolute Gasteiger partial charge is 0.468 e. The van der Waals surface area contributed by atoms with Gasteiger partial charge < -0.3 is 4.42 Å². The van der Waals surface area contributed by atoms with Gasteiger partial charge in [0.05, 0.1) is 23.4 Å². The van der Waals surface area contributed by atoms with Crippen molar-refractivity contribution in [3.05, 3.63) is 89.2 Å². The minimum absolute atomic E-state index is 0.0466. The van der Waals surface area contributed by atoms with Crippen LogP contribution in [0.5, 0.6) is 0 Å². The fourth-order valence-electron chi connectivity index (χ4n) is 2.81. The number of rotatable bonds is 7. The van der Waals surface area contributed by atoms with Gasteiger partial charge in [-0.3, -0.25) is 10.1 Å². The maximum Gasteiger partial charge on any atom is 0.257 e. The van der Waals surface area contributed by atoms with Crippen molar-refractivity contribution in [3.8, 4) is 11.3 Å². The normalized spacial score (nSPS) is 11.4. The van der Waals surface area contributed by atoms with Crippen LogP contribution >= 0.6 is 11.3 Å². The Kier molecular flexibility index (Phi) is 5.99. The molecule has 0 fully saturated rings. The number of amides is 1. The number of hydrogen-bond acceptors (Lipinski definition) is 6. The molecule has 4 aromatic rings. The highest BCUT2D eigenvalue weighted by atomic mass is 32.2. The van der Waals surface area contributed by atoms with Crippen LogP contribution in [0.15, 0.2) is 81.6 Å². The number of carbonyl (C=O) groups excluding carboxylic acids is 1. The average molecular weight is 454 g/mol. The number of benzene rings is 2. The first-order chi connectivity index (χ1) is 14.9. The first-order valence-electron chi connectivity index (χ1n) is 9.37. The van der Waals surface area contributed by atoms with E-state index in [4.69, 9.17) is 4.42 Å². The van der Waals surface area contributed by atoms with Crippen molar-refractivity contribution in [2.24, 2.45) is 0 Å². The SMILES string of the molecule is Cc1ccc(-c2csc(NC(=O)c3ccc(S(=O)(=O)NCc4ccco4)cc3)n2)cc1. The van der Waals surface area contributed by atoms with Gasteiger partial charge in [0.1, 0.15) is 5.76 Å². The van der Waals surface area contributed by atoms with Crippen LogP contribution in [0.4, 0.5) is 5.13 Å². The molecule has 1 amide bonds. The summed E-state index contributed by atoms with van der Waals surface area (Å²) in [6, 6.07) is 17.0. The molecule has 0 spiro atoms. The van der Waals surface area contributed by atoms with Crippen molar-refractivity contribution in [2.45, 2.75) is 18.4 Å². The first-order valence-corrected chi connectivity index (χ1v) is 11.7.